The third-order valence-corrected chi connectivity index (χ3v) is 0.549. The highest BCUT2D eigenvalue weighted by atomic mass is 17.1. The number of aliphatic hydroxyl groups excluding tert-OH is 1. The summed E-state index contributed by atoms with van der Waals surface area (Å²) in [7, 11) is 0. The molecule has 1 atom stereocenters. The van der Waals surface area contributed by atoms with Crippen LogP contribution in [0.1, 0.15) is 6.42 Å². The number of rotatable bonds is 3. The molecule has 44 valence electrons. The van der Waals surface area contributed by atoms with E-state index in [4.69, 9.17) is 16.1 Å². The van der Waals surface area contributed by atoms with Gasteiger partial charge in [-0.25, -0.2) is 4.89 Å². The van der Waals surface area contributed by atoms with Crippen LogP contribution in [-0.4, -0.2) is 23.2 Å². The van der Waals surface area contributed by atoms with Crippen molar-refractivity contribution in [1.82, 2.24) is 0 Å². The maximum atomic E-state index is 8.10. The quantitative estimate of drug-likeness (QED) is 0.249. The summed E-state index contributed by atoms with van der Waals surface area (Å²) in [4.78, 5) is 3.61. The second-order valence-corrected chi connectivity index (χ2v) is 1.16. The van der Waals surface area contributed by atoms with Crippen molar-refractivity contribution < 1.29 is 15.3 Å². The van der Waals surface area contributed by atoms with Crippen molar-refractivity contribution in [3.05, 3.63) is 0 Å². The molecule has 0 spiro atoms. The first-order chi connectivity index (χ1) is 3.31. The molecular weight excluding hydrogens is 98.0 g/mol. The summed E-state index contributed by atoms with van der Waals surface area (Å²) in [6, 6.07) is 0. The maximum Gasteiger partial charge on any atom is 0.143 e. The van der Waals surface area contributed by atoms with Gasteiger partial charge in [-0.1, -0.05) is 0 Å². The first-order valence-electron chi connectivity index (χ1n) is 1.98. The van der Waals surface area contributed by atoms with Crippen LogP contribution >= 0.6 is 0 Å². The van der Waals surface area contributed by atoms with Crippen LogP contribution in [0, 0.1) is 0 Å². The van der Waals surface area contributed by atoms with E-state index in [0.29, 0.717) is 0 Å². The maximum absolute atomic E-state index is 8.10. The molecule has 1 unspecified atom stereocenters. The number of aliphatic hydroxyl groups is 1. The van der Waals surface area contributed by atoms with Crippen molar-refractivity contribution in [2.45, 2.75) is 12.6 Å². The van der Waals surface area contributed by atoms with Gasteiger partial charge in [0.05, 0.1) is 0 Å². The molecule has 0 rings (SSSR count). The molecule has 0 aromatic heterocycles. The summed E-state index contributed by atoms with van der Waals surface area (Å²) in [6.45, 7) is -0.0677. The van der Waals surface area contributed by atoms with Crippen LogP contribution in [0.4, 0.5) is 0 Å². The Morgan fingerprint density at radius 3 is 2.43 bits per heavy atom. The topological polar surface area (TPSA) is 75.7 Å². The minimum atomic E-state index is -0.745. The Morgan fingerprint density at radius 2 is 2.29 bits per heavy atom. The molecule has 0 aromatic carbocycles. The van der Waals surface area contributed by atoms with Crippen molar-refractivity contribution in [3.63, 3.8) is 0 Å². The van der Waals surface area contributed by atoms with E-state index in [9.17, 15) is 0 Å². The first-order valence-corrected chi connectivity index (χ1v) is 1.98. The molecule has 0 aliphatic carbocycles. The molecule has 7 heavy (non-hydrogen) atoms. The second kappa shape index (κ2) is 4.01. The minimum Gasteiger partial charge on any atom is -0.396 e. The lowest BCUT2D eigenvalue weighted by molar-refractivity contribution is -0.279. The van der Waals surface area contributed by atoms with Crippen LogP contribution in [-0.2, 0) is 4.89 Å². The smallest absolute Gasteiger partial charge is 0.143 e. The molecule has 0 fully saturated rings. The van der Waals surface area contributed by atoms with E-state index in [1.807, 2.05) is 0 Å². The van der Waals surface area contributed by atoms with Crippen molar-refractivity contribution >= 4 is 0 Å². The highest BCUT2D eigenvalue weighted by Gasteiger charge is 1.96. The Hall–Kier alpha value is -0.160. The Balaban J connectivity index is 2.83. The molecule has 0 amide bonds. The van der Waals surface area contributed by atoms with Gasteiger partial charge in [0.25, 0.3) is 0 Å². The fourth-order valence-corrected chi connectivity index (χ4v) is 0.180. The summed E-state index contributed by atoms with van der Waals surface area (Å²) < 4.78 is 0. The van der Waals surface area contributed by atoms with Gasteiger partial charge < -0.3 is 10.8 Å². The van der Waals surface area contributed by atoms with Crippen LogP contribution in [0.3, 0.4) is 0 Å². The fourth-order valence-electron chi connectivity index (χ4n) is 0.180. The van der Waals surface area contributed by atoms with Gasteiger partial charge in [-0.05, 0) is 0 Å². The van der Waals surface area contributed by atoms with E-state index in [1.54, 1.807) is 0 Å². The Bertz CT molecular complexity index is 41.2. The molecule has 0 bridgehead atoms. The zero-order valence-electron chi connectivity index (χ0n) is 3.87. The van der Waals surface area contributed by atoms with Gasteiger partial charge in [-0.15, -0.1) is 0 Å². The largest absolute Gasteiger partial charge is 0.396 e. The van der Waals surface area contributed by atoms with Gasteiger partial charge in [0.2, 0.25) is 0 Å². The number of nitrogens with two attached hydrogens (primary N) is 1. The summed E-state index contributed by atoms with van der Waals surface area (Å²) in [6.07, 6.45) is -0.485. The van der Waals surface area contributed by atoms with E-state index in [0.717, 1.165) is 0 Å². The van der Waals surface area contributed by atoms with Crippen LogP contribution in [0.2, 0.25) is 0 Å². The predicted octanol–water partition coefficient (Wildman–Crippen LogP) is -0.857. The van der Waals surface area contributed by atoms with Gasteiger partial charge >= 0.3 is 0 Å². The van der Waals surface area contributed by atoms with Crippen molar-refractivity contribution in [2.75, 3.05) is 6.61 Å². The molecule has 4 N–H and O–H groups in total. The predicted molar refractivity (Wildman–Crippen MR) is 23.4 cm³/mol. The molecule has 0 radical (unpaired) electrons. The van der Waals surface area contributed by atoms with Crippen molar-refractivity contribution in [3.8, 4) is 0 Å². The standard InChI is InChI=1S/C3H9NO3/c4-3(7-6)1-2-5/h3,5-6H,1-2,4H2. The molecule has 0 heterocycles. The summed E-state index contributed by atoms with van der Waals surface area (Å²) in [5, 5.41) is 15.8. The van der Waals surface area contributed by atoms with Gasteiger partial charge in [-0.3, -0.25) is 5.26 Å². The average molecular weight is 107 g/mol. The summed E-state index contributed by atoms with van der Waals surface area (Å²) in [5.74, 6) is 0. The highest BCUT2D eigenvalue weighted by Crippen LogP contribution is 1.82. The zero-order valence-corrected chi connectivity index (χ0v) is 3.87. The van der Waals surface area contributed by atoms with Gasteiger partial charge in [0.15, 0.2) is 0 Å². The fraction of sp³-hybridized carbons (Fsp3) is 1.00. The van der Waals surface area contributed by atoms with E-state index in [2.05, 4.69) is 4.89 Å². The van der Waals surface area contributed by atoms with Crippen LogP contribution in [0.25, 0.3) is 0 Å². The highest BCUT2D eigenvalue weighted by molar-refractivity contribution is 4.40. The number of hydrogen-bond acceptors (Lipinski definition) is 4. The van der Waals surface area contributed by atoms with Crippen molar-refractivity contribution in [2.24, 2.45) is 5.73 Å². The van der Waals surface area contributed by atoms with Crippen molar-refractivity contribution in [1.29, 1.82) is 0 Å². The molecule has 0 saturated heterocycles. The Kier molecular flexibility index (Phi) is 3.92. The molecule has 0 saturated carbocycles. The molecule has 0 aliphatic heterocycles. The third kappa shape index (κ3) is 3.68. The third-order valence-electron chi connectivity index (χ3n) is 0.549. The Labute approximate surface area is 41.4 Å². The lowest BCUT2D eigenvalue weighted by atomic mass is 10.4. The van der Waals surface area contributed by atoms with E-state index < -0.39 is 6.23 Å². The van der Waals surface area contributed by atoms with Gasteiger partial charge in [0, 0.05) is 13.0 Å². The van der Waals surface area contributed by atoms with E-state index in [1.165, 1.54) is 0 Å². The summed E-state index contributed by atoms with van der Waals surface area (Å²) >= 11 is 0. The Morgan fingerprint density at radius 1 is 1.71 bits per heavy atom. The lowest BCUT2D eigenvalue weighted by Gasteiger charge is -2.01. The molecule has 4 nitrogen and oxygen atoms in total. The SMILES string of the molecule is NC(CCO)OO. The monoisotopic (exact) mass is 107 g/mol. The lowest BCUT2D eigenvalue weighted by Crippen LogP contribution is -2.23. The summed E-state index contributed by atoms with van der Waals surface area (Å²) in [5.41, 5.74) is 4.95. The van der Waals surface area contributed by atoms with E-state index in [-0.39, 0.29) is 13.0 Å². The van der Waals surface area contributed by atoms with E-state index >= 15 is 0 Å². The zero-order chi connectivity index (χ0) is 5.70. The van der Waals surface area contributed by atoms with Crippen LogP contribution in [0.5, 0.6) is 0 Å². The van der Waals surface area contributed by atoms with Crippen LogP contribution < -0.4 is 5.73 Å². The second-order valence-electron chi connectivity index (χ2n) is 1.16. The minimum absolute atomic E-state index is 0.0677. The first kappa shape index (κ1) is 6.84. The molecule has 4 heteroatoms. The number of hydrogen-bond donors (Lipinski definition) is 3. The van der Waals surface area contributed by atoms with Gasteiger partial charge in [-0.2, -0.15) is 0 Å². The molecular formula is C3H9NO3. The molecule has 0 aromatic rings. The normalized spacial score (nSPS) is 14.1. The van der Waals surface area contributed by atoms with Crippen LogP contribution in [0.15, 0.2) is 0 Å². The average Bonchev–Trinajstić information content (AvgIpc) is 1.68. The van der Waals surface area contributed by atoms with Gasteiger partial charge in [0.1, 0.15) is 6.23 Å². The molecule has 0 aliphatic rings.